The molecule has 0 radical (unpaired) electrons. The minimum Gasteiger partial charge on any atom is -0.381 e. The van der Waals surface area contributed by atoms with Crippen molar-refractivity contribution in [3.05, 3.63) is 48.4 Å². The highest BCUT2D eigenvalue weighted by molar-refractivity contribution is 5.77. The van der Waals surface area contributed by atoms with Crippen LogP contribution in [0.1, 0.15) is 25.1 Å². The number of hydrogen-bond acceptors (Lipinski definition) is 4. The number of aromatic nitrogens is 2. The van der Waals surface area contributed by atoms with Crippen LogP contribution in [0.3, 0.4) is 0 Å². The van der Waals surface area contributed by atoms with Crippen LogP contribution in [0.15, 0.2) is 42.6 Å². The van der Waals surface area contributed by atoms with Crippen LogP contribution >= 0.6 is 0 Å². The predicted octanol–water partition coefficient (Wildman–Crippen LogP) is 2.72. The van der Waals surface area contributed by atoms with Crippen molar-refractivity contribution in [1.82, 2.24) is 14.9 Å². The summed E-state index contributed by atoms with van der Waals surface area (Å²) >= 11 is 0. The highest BCUT2D eigenvalue weighted by Crippen LogP contribution is 2.38. The van der Waals surface area contributed by atoms with Crippen molar-refractivity contribution >= 4 is 5.91 Å². The number of likely N-dealkylation sites (tertiary alicyclic amines) is 1. The molecule has 1 aromatic heterocycles. The molecular formula is C20H23N3O2. The van der Waals surface area contributed by atoms with Crippen molar-refractivity contribution in [3.63, 3.8) is 0 Å². The lowest BCUT2D eigenvalue weighted by Crippen LogP contribution is -2.47. The number of nitrogens with zero attached hydrogens (tertiary/aromatic N) is 3. The number of amides is 1. The average molecular weight is 337 g/mol. The van der Waals surface area contributed by atoms with Crippen molar-refractivity contribution in [2.24, 2.45) is 5.41 Å². The molecule has 25 heavy (non-hydrogen) atoms. The SMILES string of the molecule is O=C1CCC2(CCOC2)CN1CCc1nccc(-c2ccccc2)n1. The summed E-state index contributed by atoms with van der Waals surface area (Å²) in [5.41, 5.74) is 2.19. The fraction of sp³-hybridized carbons (Fsp3) is 0.450. The van der Waals surface area contributed by atoms with Gasteiger partial charge >= 0.3 is 0 Å². The largest absolute Gasteiger partial charge is 0.381 e. The van der Waals surface area contributed by atoms with Gasteiger partial charge in [-0.1, -0.05) is 30.3 Å². The van der Waals surface area contributed by atoms with Gasteiger partial charge in [0.1, 0.15) is 5.82 Å². The minimum atomic E-state index is 0.181. The second-order valence-electron chi connectivity index (χ2n) is 7.09. The summed E-state index contributed by atoms with van der Waals surface area (Å²) in [5, 5.41) is 0. The molecule has 2 aliphatic rings. The topological polar surface area (TPSA) is 55.3 Å². The fourth-order valence-corrected chi connectivity index (χ4v) is 3.80. The van der Waals surface area contributed by atoms with Gasteiger partial charge in [-0.25, -0.2) is 9.97 Å². The first-order chi connectivity index (χ1) is 12.2. The quantitative estimate of drug-likeness (QED) is 0.861. The van der Waals surface area contributed by atoms with E-state index in [1.54, 1.807) is 6.20 Å². The summed E-state index contributed by atoms with van der Waals surface area (Å²) in [6, 6.07) is 12.0. The molecule has 2 aliphatic heterocycles. The Morgan fingerprint density at radius 2 is 2.04 bits per heavy atom. The van der Waals surface area contributed by atoms with Crippen LogP contribution in [0.4, 0.5) is 0 Å². The Labute approximate surface area is 148 Å². The van der Waals surface area contributed by atoms with E-state index in [0.717, 1.165) is 49.7 Å². The lowest BCUT2D eigenvalue weighted by molar-refractivity contribution is -0.137. The Hall–Kier alpha value is -2.27. The number of ether oxygens (including phenoxy) is 1. The van der Waals surface area contributed by atoms with E-state index in [4.69, 9.17) is 4.74 Å². The molecule has 1 amide bonds. The average Bonchev–Trinajstić information content (AvgIpc) is 3.12. The Morgan fingerprint density at radius 1 is 1.16 bits per heavy atom. The second kappa shape index (κ2) is 6.92. The fourth-order valence-electron chi connectivity index (χ4n) is 3.80. The summed E-state index contributed by atoms with van der Waals surface area (Å²) in [6.45, 7) is 3.10. The van der Waals surface area contributed by atoms with Gasteiger partial charge < -0.3 is 9.64 Å². The normalized spacial score (nSPS) is 23.4. The van der Waals surface area contributed by atoms with Crippen LogP contribution in [-0.2, 0) is 16.0 Å². The molecule has 0 aliphatic carbocycles. The number of piperidine rings is 1. The molecule has 1 spiro atoms. The van der Waals surface area contributed by atoms with Gasteiger partial charge in [-0.05, 0) is 18.9 Å². The number of carbonyl (C=O) groups excluding carboxylic acids is 1. The van der Waals surface area contributed by atoms with Gasteiger partial charge in [0.2, 0.25) is 5.91 Å². The van der Waals surface area contributed by atoms with E-state index < -0.39 is 0 Å². The Kier molecular flexibility index (Phi) is 4.49. The number of hydrogen-bond donors (Lipinski definition) is 0. The second-order valence-corrected chi connectivity index (χ2v) is 7.09. The standard InChI is InChI=1S/C20H23N3O2/c24-19-6-9-20(10-13-25-15-20)14-23(19)12-8-18-21-11-7-17(22-18)16-4-2-1-3-5-16/h1-5,7,11H,6,8-10,12-15H2. The van der Waals surface area contributed by atoms with Crippen LogP contribution in [-0.4, -0.2) is 47.1 Å². The van der Waals surface area contributed by atoms with Crippen LogP contribution < -0.4 is 0 Å². The molecular weight excluding hydrogens is 314 g/mol. The van der Waals surface area contributed by atoms with E-state index in [1.807, 2.05) is 41.3 Å². The molecule has 1 aromatic carbocycles. The predicted molar refractivity (Wildman–Crippen MR) is 94.9 cm³/mol. The van der Waals surface area contributed by atoms with Crippen LogP contribution in [0, 0.1) is 5.41 Å². The number of rotatable bonds is 4. The molecule has 5 heteroatoms. The molecule has 0 N–H and O–H groups in total. The molecule has 1 unspecified atom stereocenters. The molecule has 2 aromatic rings. The Bertz CT molecular complexity index is 742. The van der Waals surface area contributed by atoms with Gasteiger partial charge in [-0.3, -0.25) is 4.79 Å². The lowest BCUT2D eigenvalue weighted by atomic mass is 9.79. The molecule has 130 valence electrons. The molecule has 5 nitrogen and oxygen atoms in total. The third-order valence-electron chi connectivity index (χ3n) is 5.31. The third kappa shape index (κ3) is 3.56. The van der Waals surface area contributed by atoms with Gasteiger partial charge in [-0.15, -0.1) is 0 Å². The van der Waals surface area contributed by atoms with E-state index in [9.17, 15) is 4.79 Å². The molecule has 1 atom stereocenters. The monoisotopic (exact) mass is 337 g/mol. The van der Waals surface area contributed by atoms with Gasteiger partial charge in [0.25, 0.3) is 0 Å². The van der Waals surface area contributed by atoms with E-state index in [0.29, 0.717) is 19.4 Å². The highest BCUT2D eigenvalue weighted by Gasteiger charge is 2.41. The van der Waals surface area contributed by atoms with Crippen molar-refractivity contribution in [3.8, 4) is 11.3 Å². The minimum absolute atomic E-state index is 0.181. The summed E-state index contributed by atoms with van der Waals surface area (Å²) in [4.78, 5) is 23.3. The zero-order valence-electron chi connectivity index (χ0n) is 14.4. The molecule has 4 rings (SSSR count). The molecule has 2 saturated heterocycles. The smallest absolute Gasteiger partial charge is 0.222 e. The number of benzene rings is 1. The van der Waals surface area contributed by atoms with Gasteiger partial charge in [0.05, 0.1) is 12.3 Å². The first-order valence-corrected chi connectivity index (χ1v) is 8.97. The first-order valence-electron chi connectivity index (χ1n) is 8.97. The maximum absolute atomic E-state index is 12.3. The molecule has 0 bridgehead atoms. The summed E-state index contributed by atoms with van der Waals surface area (Å²) in [6.07, 6.45) is 5.14. The van der Waals surface area contributed by atoms with E-state index in [1.165, 1.54) is 0 Å². The molecule has 0 saturated carbocycles. The van der Waals surface area contributed by atoms with Crippen molar-refractivity contribution < 1.29 is 9.53 Å². The zero-order valence-corrected chi connectivity index (χ0v) is 14.4. The number of carbonyl (C=O) groups is 1. The van der Waals surface area contributed by atoms with E-state index in [2.05, 4.69) is 9.97 Å². The van der Waals surface area contributed by atoms with Gasteiger partial charge in [0.15, 0.2) is 0 Å². The summed E-state index contributed by atoms with van der Waals surface area (Å²) in [5.74, 6) is 1.04. The lowest BCUT2D eigenvalue weighted by Gasteiger charge is -2.39. The van der Waals surface area contributed by atoms with Crippen LogP contribution in [0.5, 0.6) is 0 Å². The van der Waals surface area contributed by atoms with Crippen LogP contribution in [0.2, 0.25) is 0 Å². The summed E-state index contributed by atoms with van der Waals surface area (Å²) in [7, 11) is 0. The van der Waals surface area contributed by atoms with Crippen molar-refractivity contribution in [1.29, 1.82) is 0 Å². The van der Waals surface area contributed by atoms with Crippen molar-refractivity contribution in [2.75, 3.05) is 26.3 Å². The Balaban J connectivity index is 1.43. The first kappa shape index (κ1) is 16.2. The maximum Gasteiger partial charge on any atom is 0.222 e. The Morgan fingerprint density at radius 3 is 2.84 bits per heavy atom. The highest BCUT2D eigenvalue weighted by atomic mass is 16.5. The van der Waals surface area contributed by atoms with E-state index in [-0.39, 0.29) is 11.3 Å². The van der Waals surface area contributed by atoms with Crippen LogP contribution in [0.25, 0.3) is 11.3 Å². The molecule has 3 heterocycles. The third-order valence-corrected chi connectivity index (χ3v) is 5.31. The van der Waals surface area contributed by atoms with Gasteiger partial charge in [-0.2, -0.15) is 0 Å². The summed E-state index contributed by atoms with van der Waals surface area (Å²) < 4.78 is 5.59. The van der Waals surface area contributed by atoms with Crippen molar-refractivity contribution in [2.45, 2.75) is 25.7 Å². The molecule has 2 fully saturated rings. The zero-order chi connectivity index (χ0) is 17.1. The maximum atomic E-state index is 12.3. The van der Waals surface area contributed by atoms with Gasteiger partial charge in [0, 0.05) is 49.7 Å². The van der Waals surface area contributed by atoms with E-state index >= 15 is 0 Å².